The van der Waals surface area contributed by atoms with Gasteiger partial charge in [0.2, 0.25) is 11.9 Å². The second-order valence-corrected chi connectivity index (χ2v) is 5.63. The molecule has 7 heteroatoms. The molecule has 0 saturated carbocycles. The summed E-state index contributed by atoms with van der Waals surface area (Å²) < 4.78 is 37.3. The lowest BCUT2D eigenvalue weighted by molar-refractivity contribution is -0.130. The zero-order valence-corrected chi connectivity index (χ0v) is 14.0. The number of hydrogen-bond acceptors (Lipinski definition) is 4. The van der Waals surface area contributed by atoms with Crippen molar-refractivity contribution < 1.29 is 27.5 Å². The highest BCUT2D eigenvalue weighted by Gasteiger charge is 2.28. The molecule has 0 saturated heterocycles. The van der Waals surface area contributed by atoms with Gasteiger partial charge in [0.25, 0.3) is 5.91 Å². The van der Waals surface area contributed by atoms with Gasteiger partial charge in [0.05, 0.1) is 6.26 Å². The summed E-state index contributed by atoms with van der Waals surface area (Å²) in [6, 6.07) is 13.9. The van der Waals surface area contributed by atoms with Crippen molar-refractivity contribution in [1.29, 1.82) is 0 Å². The average molecular weight is 371 g/mol. The molecule has 1 atom stereocenters. The molecule has 0 spiro atoms. The summed E-state index contributed by atoms with van der Waals surface area (Å²) in [6.07, 6.45) is -0.229. The van der Waals surface area contributed by atoms with E-state index in [1.54, 1.807) is 0 Å². The molecule has 0 aliphatic rings. The molecule has 1 N–H and O–H groups in total. The lowest BCUT2D eigenvalue weighted by Gasteiger charge is -2.18. The third kappa shape index (κ3) is 4.58. The summed E-state index contributed by atoms with van der Waals surface area (Å²) in [5.41, 5.74) is 0.545. The Labute approximate surface area is 153 Å². The fourth-order valence-electron chi connectivity index (χ4n) is 2.39. The van der Waals surface area contributed by atoms with E-state index in [9.17, 15) is 18.4 Å². The molecule has 27 heavy (non-hydrogen) atoms. The number of benzene rings is 2. The van der Waals surface area contributed by atoms with E-state index in [4.69, 9.17) is 9.15 Å². The highest BCUT2D eigenvalue weighted by atomic mass is 19.1. The van der Waals surface area contributed by atoms with Gasteiger partial charge in [0.15, 0.2) is 0 Å². The lowest BCUT2D eigenvalue weighted by atomic mass is 10.1. The quantitative estimate of drug-likeness (QED) is 0.670. The normalized spacial score (nSPS) is 11.6. The van der Waals surface area contributed by atoms with Gasteiger partial charge in [0.1, 0.15) is 11.6 Å². The number of carbonyl (C=O) groups excluding carboxylic acids is 2. The number of furan rings is 1. The molecule has 1 aromatic heterocycles. The zero-order chi connectivity index (χ0) is 19.2. The molecule has 1 unspecified atom stereocenters. The number of hydrogen-bond donors (Lipinski definition) is 1. The number of halogens is 2. The number of nitrogens with one attached hydrogen (secondary N) is 1. The molecule has 0 aliphatic heterocycles. The largest absolute Gasteiger partial charge is 0.457 e. The second kappa shape index (κ2) is 8.27. The van der Waals surface area contributed by atoms with E-state index in [1.165, 1.54) is 60.9 Å². The molecular weight excluding hydrogens is 356 g/mol. The van der Waals surface area contributed by atoms with Crippen molar-refractivity contribution in [2.75, 3.05) is 0 Å². The van der Waals surface area contributed by atoms with Crippen LogP contribution >= 0.6 is 0 Å². The van der Waals surface area contributed by atoms with Crippen LogP contribution in [0.4, 0.5) is 8.78 Å². The van der Waals surface area contributed by atoms with Crippen LogP contribution in [0.5, 0.6) is 0 Å². The maximum Gasteiger partial charge on any atom is 0.375 e. The van der Waals surface area contributed by atoms with Crippen molar-refractivity contribution in [3.05, 3.63) is 95.4 Å². The van der Waals surface area contributed by atoms with Gasteiger partial charge in [-0.1, -0.05) is 30.3 Å². The van der Waals surface area contributed by atoms with Crippen LogP contribution in [-0.4, -0.2) is 11.9 Å². The average Bonchev–Trinajstić information content (AvgIpc) is 3.21. The summed E-state index contributed by atoms with van der Waals surface area (Å²) in [7, 11) is 0. The molecule has 1 heterocycles. The van der Waals surface area contributed by atoms with Gasteiger partial charge in [-0.3, -0.25) is 4.79 Å². The Balaban J connectivity index is 1.78. The highest BCUT2D eigenvalue weighted by molar-refractivity contribution is 5.90. The molecule has 0 radical (unpaired) electrons. The number of rotatable bonds is 6. The molecular formula is C20H15F2NO4. The van der Waals surface area contributed by atoms with E-state index in [2.05, 4.69) is 5.32 Å². The summed E-state index contributed by atoms with van der Waals surface area (Å²) in [4.78, 5) is 24.7. The minimum Gasteiger partial charge on any atom is -0.457 e. The zero-order valence-electron chi connectivity index (χ0n) is 14.0. The Morgan fingerprint density at radius 1 is 1.00 bits per heavy atom. The number of amides is 1. The molecule has 1 amide bonds. The van der Waals surface area contributed by atoms with Crippen molar-refractivity contribution in [3.8, 4) is 0 Å². The van der Waals surface area contributed by atoms with Crippen molar-refractivity contribution >= 4 is 11.9 Å². The Morgan fingerprint density at radius 2 is 1.74 bits per heavy atom. The molecule has 5 nitrogen and oxygen atoms in total. The van der Waals surface area contributed by atoms with Crippen LogP contribution in [0.25, 0.3) is 0 Å². The van der Waals surface area contributed by atoms with Crippen LogP contribution in [-0.2, 0) is 16.1 Å². The lowest BCUT2D eigenvalue weighted by Crippen LogP contribution is -2.32. The highest BCUT2D eigenvalue weighted by Crippen LogP contribution is 2.23. The van der Waals surface area contributed by atoms with Crippen molar-refractivity contribution in [2.45, 2.75) is 12.6 Å². The topological polar surface area (TPSA) is 68.5 Å². The van der Waals surface area contributed by atoms with E-state index in [0.717, 1.165) is 6.07 Å². The molecule has 138 valence electrons. The van der Waals surface area contributed by atoms with E-state index in [1.807, 2.05) is 0 Å². The SMILES string of the molecule is O=C(OC(C(=O)NCc1ccc(F)cc1)c1ccccc1F)c1ccco1. The first-order valence-corrected chi connectivity index (χ1v) is 8.05. The summed E-state index contributed by atoms with van der Waals surface area (Å²) in [6.45, 7) is 0.0579. The van der Waals surface area contributed by atoms with Crippen molar-refractivity contribution in [2.24, 2.45) is 0 Å². The van der Waals surface area contributed by atoms with E-state index < -0.39 is 29.6 Å². The van der Waals surface area contributed by atoms with E-state index in [-0.39, 0.29) is 17.9 Å². The number of ether oxygens (including phenoxy) is 1. The summed E-state index contributed by atoms with van der Waals surface area (Å²) in [5, 5.41) is 2.56. The maximum atomic E-state index is 14.2. The Bertz CT molecular complexity index is 923. The van der Waals surface area contributed by atoms with Gasteiger partial charge >= 0.3 is 5.97 Å². The number of carbonyl (C=O) groups is 2. The predicted octanol–water partition coefficient (Wildman–Crippen LogP) is 3.77. The van der Waals surface area contributed by atoms with Crippen LogP contribution in [0.15, 0.2) is 71.3 Å². The molecule has 2 aromatic carbocycles. The molecule has 3 aromatic rings. The van der Waals surface area contributed by atoms with Crippen LogP contribution in [0.1, 0.15) is 27.8 Å². The van der Waals surface area contributed by atoms with Crippen LogP contribution in [0, 0.1) is 11.6 Å². The molecule has 3 rings (SSSR count). The standard InChI is InChI=1S/C20H15F2NO4/c21-14-9-7-13(8-10-14)12-23-19(24)18(15-4-1-2-5-16(15)22)27-20(25)17-6-3-11-26-17/h1-11,18H,12H2,(H,23,24). The first kappa shape index (κ1) is 18.3. The number of esters is 1. The molecule has 0 bridgehead atoms. The fraction of sp³-hybridized carbons (Fsp3) is 0.100. The minimum atomic E-state index is -1.51. The van der Waals surface area contributed by atoms with E-state index in [0.29, 0.717) is 5.56 Å². The summed E-state index contributed by atoms with van der Waals surface area (Å²) in [5.74, 6) is -2.81. The monoisotopic (exact) mass is 371 g/mol. The van der Waals surface area contributed by atoms with Crippen molar-refractivity contribution in [1.82, 2.24) is 5.32 Å². The Morgan fingerprint density at radius 3 is 2.41 bits per heavy atom. The Kier molecular flexibility index (Phi) is 5.61. The second-order valence-electron chi connectivity index (χ2n) is 5.63. The van der Waals surface area contributed by atoms with Crippen molar-refractivity contribution in [3.63, 3.8) is 0 Å². The van der Waals surface area contributed by atoms with Crippen LogP contribution in [0.3, 0.4) is 0 Å². The van der Waals surface area contributed by atoms with Crippen LogP contribution < -0.4 is 5.32 Å². The van der Waals surface area contributed by atoms with Gasteiger partial charge in [0, 0.05) is 12.1 Å². The van der Waals surface area contributed by atoms with Gasteiger partial charge in [-0.2, -0.15) is 0 Å². The van der Waals surface area contributed by atoms with Gasteiger partial charge in [-0.05, 0) is 35.9 Å². The summed E-state index contributed by atoms with van der Waals surface area (Å²) >= 11 is 0. The third-order valence-corrected chi connectivity index (χ3v) is 3.75. The smallest absolute Gasteiger partial charge is 0.375 e. The molecule has 0 aliphatic carbocycles. The maximum absolute atomic E-state index is 14.2. The Hall–Kier alpha value is -3.48. The third-order valence-electron chi connectivity index (χ3n) is 3.75. The predicted molar refractivity (Wildman–Crippen MR) is 91.5 cm³/mol. The van der Waals surface area contributed by atoms with E-state index >= 15 is 0 Å². The molecule has 0 fully saturated rings. The van der Waals surface area contributed by atoms with Gasteiger partial charge in [-0.25, -0.2) is 13.6 Å². The fourth-order valence-corrected chi connectivity index (χ4v) is 2.39. The minimum absolute atomic E-state index is 0.0579. The first-order chi connectivity index (χ1) is 13.0. The van der Waals surface area contributed by atoms with Gasteiger partial charge < -0.3 is 14.5 Å². The van der Waals surface area contributed by atoms with Gasteiger partial charge in [-0.15, -0.1) is 0 Å². The van der Waals surface area contributed by atoms with Crippen LogP contribution in [0.2, 0.25) is 0 Å². The first-order valence-electron chi connectivity index (χ1n) is 8.05.